The Morgan fingerprint density at radius 3 is 2.82 bits per heavy atom. The summed E-state index contributed by atoms with van der Waals surface area (Å²) in [6.07, 6.45) is 2.27. The van der Waals surface area contributed by atoms with Crippen LogP contribution in [0.5, 0.6) is 0 Å². The lowest BCUT2D eigenvalue weighted by Gasteiger charge is -2.43. The van der Waals surface area contributed by atoms with E-state index in [1.54, 1.807) is 34.8 Å². The number of fused-ring (bicyclic) bond motifs is 4. The maximum absolute atomic E-state index is 13.0. The van der Waals surface area contributed by atoms with Crippen molar-refractivity contribution in [2.45, 2.75) is 23.4 Å². The largest absolute Gasteiger partial charge is 0.378 e. The number of nitrogens with one attached hydrogen (secondary N) is 1. The molecule has 22 heavy (non-hydrogen) atoms. The maximum atomic E-state index is 13.0. The molecular weight excluding hydrogens is 326 g/mol. The van der Waals surface area contributed by atoms with Crippen molar-refractivity contribution in [3.63, 3.8) is 0 Å². The molecule has 116 valence electrons. The van der Waals surface area contributed by atoms with Crippen molar-refractivity contribution in [1.29, 1.82) is 0 Å². The van der Waals surface area contributed by atoms with Gasteiger partial charge in [0, 0.05) is 22.7 Å². The van der Waals surface area contributed by atoms with Crippen molar-refractivity contribution in [3.8, 4) is 0 Å². The predicted octanol–water partition coefficient (Wildman–Crippen LogP) is 1.75. The summed E-state index contributed by atoms with van der Waals surface area (Å²) in [6.45, 7) is 0.734. The molecule has 2 aromatic rings. The van der Waals surface area contributed by atoms with Crippen LogP contribution in [0, 0.1) is 0 Å². The van der Waals surface area contributed by atoms with Crippen LogP contribution in [-0.2, 0) is 21.2 Å². The predicted molar refractivity (Wildman–Crippen MR) is 80.1 cm³/mol. The molecule has 0 radical (unpaired) electrons. The lowest BCUT2D eigenvalue weighted by molar-refractivity contribution is -0.0145. The Kier molecular flexibility index (Phi) is 3.26. The monoisotopic (exact) mass is 339 g/mol. The third kappa shape index (κ3) is 2.08. The summed E-state index contributed by atoms with van der Waals surface area (Å²) in [7, 11) is -3.61. The van der Waals surface area contributed by atoms with E-state index < -0.39 is 10.0 Å². The Morgan fingerprint density at radius 2 is 2.05 bits per heavy atom. The van der Waals surface area contributed by atoms with Gasteiger partial charge in [-0.05, 0) is 24.3 Å². The Hall–Kier alpha value is -1.41. The fraction of sp³-hybridized carbons (Fsp3) is 0.357. The van der Waals surface area contributed by atoms with Crippen molar-refractivity contribution in [3.05, 3.63) is 46.7 Å². The highest BCUT2D eigenvalue weighted by atomic mass is 35.5. The minimum Gasteiger partial charge on any atom is -0.378 e. The van der Waals surface area contributed by atoms with Crippen LogP contribution in [0.2, 0.25) is 5.02 Å². The number of aromatic nitrogens is 2. The molecule has 1 N–H and O–H groups in total. The van der Waals surface area contributed by atoms with Gasteiger partial charge in [-0.1, -0.05) is 11.6 Å². The summed E-state index contributed by atoms with van der Waals surface area (Å²) < 4.78 is 33.2. The zero-order valence-corrected chi connectivity index (χ0v) is 13.1. The number of H-pyrrole nitrogens is 1. The standard InChI is InChI=1S/C14H14ClN3O3S/c15-9-1-3-11(4-2-9)22(19,20)18-10-5-13-12(6-16-17-13)14(18)8-21-7-10/h1-4,6,10,14H,5,7-8H2,(H,16,17). The van der Waals surface area contributed by atoms with E-state index in [0.29, 0.717) is 24.7 Å². The molecule has 6 nitrogen and oxygen atoms in total. The van der Waals surface area contributed by atoms with Crippen LogP contribution in [0.4, 0.5) is 0 Å². The van der Waals surface area contributed by atoms with Gasteiger partial charge in [0.15, 0.2) is 0 Å². The maximum Gasteiger partial charge on any atom is 0.244 e. The van der Waals surface area contributed by atoms with Gasteiger partial charge in [0.2, 0.25) is 10.0 Å². The second-order valence-corrected chi connectivity index (χ2v) is 7.78. The molecule has 0 spiro atoms. The number of hydrogen-bond acceptors (Lipinski definition) is 4. The first-order chi connectivity index (χ1) is 10.6. The number of halogens is 1. The lowest BCUT2D eigenvalue weighted by atomic mass is 9.95. The summed E-state index contributed by atoms with van der Waals surface area (Å²) in [5.41, 5.74) is 1.90. The van der Waals surface area contributed by atoms with Crippen LogP contribution >= 0.6 is 11.6 Å². The van der Waals surface area contributed by atoms with Gasteiger partial charge in [0.25, 0.3) is 0 Å². The van der Waals surface area contributed by atoms with E-state index in [1.165, 1.54) is 0 Å². The van der Waals surface area contributed by atoms with E-state index in [2.05, 4.69) is 10.2 Å². The molecule has 8 heteroatoms. The van der Waals surface area contributed by atoms with Gasteiger partial charge in [-0.25, -0.2) is 8.42 Å². The van der Waals surface area contributed by atoms with Gasteiger partial charge in [-0.15, -0.1) is 0 Å². The van der Waals surface area contributed by atoms with Crippen LogP contribution < -0.4 is 0 Å². The van der Waals surface area contributed by atoms with Crippen molar-refractivity contribution in [1.82, 2.24) is 14.5 Å². The Labute approximate surface area is 133 Å². The zero-order valence-electron chi connectivity index (χ0n) is 11.6. The lowest BCUT2D eigenvalue weighted by Crippen LogP contribution is -2.53. The minimum absolute atomic E-state index is 0.215. The van der Waals surface area contributed by atoms with Gasteiger partial charge in [0.05, 0.1) is 36.4 Å². The molecule has 2 aliphatic heterocycles. The average Bonchev–Trinajstić information content (AvgIpc) is 2.95. The first kappa shape index (κ1) is 14.2. The molecule has 1 saturated heterocycles. The third-order valence-corrected chi connectivity index (χ3v) is 6.42. The number of benzene rings is 1. The third-order valence-electron chi connectivity index (χ3n) is 4.19. The van der Waals surface area contributed by atoms with E-state index in [0.717, 1.165) is 11.3 Å². The van der Waals surface area contributed by atoms with Crippen LogP contribution in [0.1, 0.15) is 17.3 Å². The Morgan fingerprint density at radius 1 is 1.27 bits per heavy atom. The van der Waals surface area contributed by atoms with Crippen LogP contribution in [0.15, 0.2) is 35.4 Å². The van der Waals surface area contributed by atoms with Gasteiger partial charge < -0.3 is 4.74 Å². The van der Waals surface area contributed by atoms with Crippen LogP contribution in [-0.4, -0.2) is 42.2 Å². The normalized spacial score (nSPS) is 25.0. The van der Waals surface area contributed by atoms with E-state index in [9.17, 15) is 8.42 Å². The quantitative estimate of drug-likeness (QED) is 0.904. The van der Waals surface area contributed by atoms with Crippen molar-refractivity contribution >= 4 is 21.6 Å². The molecule has 1 fully saturated rings. The molecule has 1 aromatic heterocycles. The summed E-state index contributed by atoms with van der Waals surface area (Å²) in [5, 5.41) is 7.52. The average molecular weight is 340 g/mol. The highest BCUT2D eigenvalue weighted by Gasteiger charge is 2.45. The van der Waals surface area contributed by atoms with Crippen LogP contribution in [0.3, 0.4) is 0 Å². The number of morpholine rings is 1. The van der Waals surface area contributed by atoms with E-state index >= 15 is 0 Å². The second kappa shape index (κ2) is 5.06. The van der Waals surface area contributed by atoms with Gasteiger partial charge >= 0.3 is 0 Å². The number of aromatic amines is 1. The molecule has 3 heterocycles. The van der Waals surface area contributed by atoms with Gasteiger partial charge in [-0.3, -0.25) is 5.10 Å². The number of ether oxygens (including phenoxy) is 1. The smallest absolute Gasteiger partial charge is 0.244 e. The summed E-state index contributed by atoms with van der Waals surface area (Å²) in [4.78, 5) is 0.251. The molecule has 1 aromatic carbocycles. The molecule has 0 saturated carbocycles. The summed E-state index contributed by atoms with van der Waals surface area (Å²) >= 11 is 5.85. The topological polar surface area (TPSA) is 75.3 Å². The van der Waals surface area contributed by atoms with E-state index in [4.69, 9.17) is 16.3 Å². The number of sulfonamides is 1. The summed E-state index contributed by atoms with van der Waals surface area (Å²) in [5.74, 6) is 0. The summed E-state index contributed by atoms with van der Waals surface area (Å²) in [6, 6.07) is 5.72. The zero-order chi connectivity index (χ0) is 15.3. The number of hydrogen-bond donors (Lipinski definition) is 1. The molecule has 4 rings (SSSR count). The fourth-order valence-corrected chi connectivity index (χ4v) is 5.08. The van der Waals surface area contributed by atoms with Gasteiger partial charge in [-0.2, -0.15) is 9.40 Å². The highest BCUT2D eigenvalue weighted by molar-refractivity contribution is 7.89. The Balaban J connectivity index is 1.80. The Bertz CT molecular complexity index is 803. The van der Waals surface area contributed by atoms with E-state index in [1.807, 2.05) is 0 Å². The molecule has 2 bridgehead atoms. The first-order valence-corrected chi connectivity index (χ1v) is 8.78. The molecular formula is C14H14ClN3O3S. The molecule has 2 unspecified atom stereocenters. The van der Waals surface area contributed by atoms with Crippen molar-refractivity contribution in [2.75, 3.05) is 13.2 Å². The second-order valence-electron chi connectivity index (χ2n) is 5.50. The van der Waals surface area contributed by atoms with E-state index in [-0.39, 0.29) is 17.0 Å². The molecule has 0 amide bonds. The number of rotatable bonds is 2. The number of nitrogens with zero attached hydrogens (tertiary/aromatic N) is 2. The van der Waals surface area contributed by atoms with Crippen LogP contribution in [0.25, 0.3) is 0 Å². The SMILES string of the molecule is O=S(=O)(c1ccc(Cl)cc1)N1C2COCC1c1cn[nH]c1C2. The molecule has 2 atom stereocenters. The molecule has 2 aliphatic rings. The van der Waals surface area contributed by atoms with Gasteiger partial charge in [0.1, 0.15) is 0 Å². The highest BCUT2D eigenvalue weighted by Crippen LogP contribution is 2.39. The minimum atomic E-state index is -3.61. The first-order valence-electron chi connectivity index (χ1n) is 6.96. The van der Waals surface area contributed by atoms with Crippen molar-refractivity contribution in [2.24, 2.45) is 0 Å². The fourth-order valence-electron chi connectivity index (χ4n) is 3.19. The van der Waals surface area contributed by atoms with Crippen molar-refractivity contribution < 1.29 is 13.2 Å². The molecule has 0 aliphatic carbocycles.